The molecular formula is C22H29N3O7. The zero-order valence-corrected chi connectivity index (χ0v) is 18.7. The molecule has 10 nitrogen and oxygen atoms in total. The van der Waals surface area contributed by atoms with E-state index >= 15 is 0 Å². The molecule has 1 aliphatic heterocycles. The Morgan fingerprint density at radius 3 is 2.28 bits per heavy atom. The molecular weight excluding hydrogens is 418 g/mol. The van der Waals surface area contributed by atoms with Crippen LogP contribution in [0.3, 0.4) is 0 Å². The molecule has 1 fully saturated rings. The summed E-state index contributed by atoms with van der Waals surface area (Å²) in [6, 6.07) is 4.15. The van der Waals surface area contributed by atoms with Gasteiger partial charge in [-0.2, -0.15) is 0 Å². The number of piperazine rings is 1. The summed E-state index contributed by atoms with van der Waals surface area (Å²) in [6.45, 7) is 6.43. The number of fused-ring (bicyclic) bond motifs is 1. The van der Waals surface area contributed by atoms with Gasteiger partial charge >= 0.3 is 18.0 Å². The summed E-state index contributed by atoms with van der Waals surface area (Å²) in [6.07, 6.45) is 1.16. The van der Waals surface area contributed by atoms with Crippen molar-refractivity contribution in [3.63, 3.8) is 0 Å². The molecule has 1 aliphatic rings. The van der Waals surface area contributed by atoms with E-state index in [0.717, 1.165) is 0 Å². The van der Waals surface area contributed by atoms with Crippen molar-refractivity contribution in [1.82, 2.24) is 14.4 Å². The van der Waals surface area contributed by atoms with E-state index in [0.29, 0.717) is 48.4 Å². The molecule has 1 aromatic carbocycles. The fourth-order valence-electron chi connectivity index (χ4n) is 3.90. The number of aliphatic carboxylic acids is 2. The predicted molar refractivity (Wildman–Crippen MR) is 116 cm³/mol. The number of benzene rings is 1. The standard InChI is InChI=1S/C22H29N3O7/c1-22(2,3)32-21(30)24-9-7-23(8-10-24)19(20(28)29)16-12-25(13-18(26)27)17-6-5-14(31-4)11-15(16)17/h5-6,11-12,19H,7-10,13H2,1-4H3,(H,26,27)(H,28,29). The maximum atomic E-state index is 12.3. The van der Waals surface area contributed by atoms with E-state index < -0.39 is 29.7 Å². The minimum absolute atomic E-state index is 0.290. The van der Waals surface area contributed by atoms with Crippen LogP contribution in [0.4, 0.5) is 4.79 Å². The third-order valence-electron chi connectivity index (χ3n) is 5.28. The van der Waals surface area contributed by atoms with Crippen LogP contribution in [0.2, 0.25) is 0 Å². The van der Waals surface area contributed by atoms with Crippen LogP contribution in [0.15, 0.2) is 24.4 Å². The number of ether oxygens (including phenoxy) is 2. The number of carbonyl (C=O) groups excluding carboxylic acids is 1. The summed E-state index contributed by atoms with van der Waals surface area (Å²) in [5, 5.41) is 20.0. The summed E-state index contributed by atoms with van der Waals surface area (Å²) in [7, 11) is 1.51. The summed E-state index contributed by atoms with van der Waals surface area (Å²) in [5.74, 6) is -1.53. The smallest absolute Gasteiger partial charge is 0.410 e. The third kappa shape index (κ3) is 5.13. The number of hydrogen-bond donors (Lipinski definition) is 2. The SMILES string of the molecule is COc1ccc2c(c1)c(C(C(=O)O)N1CCN(C(=O)OC(C)(C)C)CC1)cn2CC(=O)O. The minimum atomic E-state index is -1.05. The second-order valence-electron chi connectivity index (χ2n) is 8.73. The highest BCUT2D eigenvalue weighted by Gasteiger charge is 2.35. The predicted octanol–water partition coefficient (Wildman–Crippen LogP) is 2.41. The van der Waals surface area contributed by atoms with Crippen molar-refractivity contribution in [2.45, 2.75) is 39.0 Å². The first kappa shape index (κ1) is 23.4. The van der Waals surface area contributed by atoms with Gasteiger partial charge in [-0.1, -0.05) is 0 Å². The molecule has 10 heteroatoms. The molecule has 0 bridgehead atoms. The maximum absolute atomic E-state index is 12.3. The number of nitrogens with zero attached hydrogens (tertiary/aromatic N) is 3. The van der Waals surface area contributed by atoms with Gasteiger partial charge in [-0.25, -0.2) is 4.79 Å². The van der Waals surface area contributed by atoms with Crippen molar-refractivity contribution < 1.29 is 34.1 Å². The van der Waals surface area contributed by atoms with Crippen LogP contribution >= 0.6 is 0 Å². The fourth-order valence-corrected chi connectivity index (χ4v) is 3.90. The van der Waals surface area contributed by atoms with Crippen LogP contribution in [-0.2, 0) is 20.9 Å². The van der Waals surface area contributed by atoms with Crippen molar-refractivity contribution in [2.24, 2.45) is 0 Å². The van der Waals surface area contributed by atoms with Gasteiger partial charge in [0.15, 0.2) is 0 Å². The lowest BCUT2D eigenvalue weighted by molar-refractivity contribution is -0.144. The lowest BCUT2D eigenvalue weighted by Crippen LogP contribution is -2.51. The number of methoxy groups -OCH3 is 1. The van der Waals surface area contributed by atoms with Crippen LogP contribution < -0.4 is 4.74 Å². The van der Waals surface area contributed by atoms with Gasteiger partial charge in [0.25, 0.3) is 0 Å². The number of rotatable bonds is 6. The number of carboxylic acids is 2. The summed E-state index contributed by atoms with van der Waals surface area (Å²) in [4.78, 5) is 39.3. The molecule has 174 valence electrons. The Hall–Kier alpha value is -3.27. The molecule has 0 aliphatic carbocycles. The second kappa shape index (κ2) is 9.07. The van der Waals surface area contributed by atoms with E-state index in [1.807, 2.05) is 0 Å². The topological polar surface area (TPSA) is 122 Å². The molecule has 32 heavy (non-hydrogen) atoms. The van der Waals surface area contributed by atoms with Crippen LogP contribution in [0, 0.1) is 0 Å². The van der Waals surface area contributed by atoms with Gasteiger partial charge in [-0.3, -0.25) is 14.5 Å². The molecule has 0 spiro atoms. The lowest BCUT2D eigenvalue weighted by Gasteiger charge is -2.38. The molecule has 2 heterocycles. The van der Waals surface area contributed by atoms with Crippen molar-refractivity contribution in [1.29, 1.82) is 0 Å². The van der Waals surface area contributed by atoms with E-state index in [2.05, 4.69) is 0 Å². The Labute approximate surface area is 185 Å². The van der Waals surface area contributed by atoms with E-state index in [9.17, 15) is 24.6 Å². The zero-order valence-electron chi connectivity index (χ0n) is 18.7. The van der Waals surface area contributed by atoms with Gasteiger partial charge in [-0.15, -0.1) is 0 Å². The van der Waals surface area contributed by atoms with Gasteiger partial charge in [0, 0.05) is 48.8 Å². The molecule has 1 unspecified atom stereocenters. The van der Waals surface area contributed by atoms with Crippen LogP contribution in [0.25, 0.3) is 10.9 Å². The molecule has 1 amide bonds. The Kier molecular flexibility index (Phi) is 6.63. The van der Waals surface area contributed by atoms with E-state index in [1.54, 1.807) is 55.0 Å². The minimum Gasteiger partial charge on any atom is -0.497 e. The van der Waals surface area contributed by atoms with Gasteiger partial charge in [-0.05, 0) is 39.0 Å². The molecule has 2 N–H and O–H groups in total. The van der Waals surface area contributed by atoms with Crippen LogP contribution in [0.5, 0.6) is 5.75 Å². The largest absolute Gasteiger partial charge is 0.497 e. The number of amides is 1. The average Bonchev–Trinajstić information content (AvgIpc) is 3.03. The van der Waals surface area contributed by atoms with E-state index in [1.165, 1.54) is 11.7 Å². The zero-order chi connectivity index (χ0) is 23.6. The molecule has 0 saturated carbocycles. The average molecular weight is 447 g/mol. The Balaban J connectivity index is 1.90. The van der Waals surface area contributed by atoms with Gasteiger partial charge in [0.2, 0.25) is 0 Å². The number of aromatic nitrogens is 1. The Morgan fingerprint density at radius 2 is 1.75 bits per heavy atom. The van der Waals surface area contributed by atoms with Crippen LogP contribution in [0.1, 0.15) is 32.4 Å². The van der Waals surface area contributed by atoms with E-state index in [-0.39, 0.29) is 6.54 Å². The molecule has 3 rings (SSSR count). The third-order valence-corrected chi connectivity index (χ3v) is 5.28. The molecule has 1 atom stereocenters. The second-order valence-corrected chi connectivity index (χ2v) is 8.73. The number of carbonyl (C=O) groups is 3. The van der Waals surface area contributed by atoms with Gasteiger partial charge < -0.3 is 29.2 Å². The molecule has 0 radical (unpaired) electrons. The highest BCUT2D eigenvalue weighted by molar-refractivity contribution is 5.91. The Bertz CT molecular complexity index is 1020. The van der Waals surface area contributed by atoms with E-state index in [4.69, 9.17) is 9.47 Å². The fraction of sp³-hybridized carbons (Fsp3) is 0.500. The highest BCUT2D eigenvalue weighted by atomic mass is 16.6. The summed E-state index contributed by atoms with van der Waals surface area (Å²) >= 11 is 0. The Morgan fingerprint density at radius 1 is 1.09 bits per heavy atom. The number of hydrogen-bond acceptors (Lipinski definition) is 6. The first-order valence-corrected chi connectivity index (χ1v) is 10.3. The van der Waals surface area contributed by atoms with Crippen molar-refractivity contribution in [2.75, 3.05) is 33.3 Å². The van der Waals surface area contributed by atoms with Crippen molar-refractivity contribution in [3.05, 3.63) is 30.0 Å². The number of carboxylic acid groups (broad SMARTS) is 2. The highest BCUT2D eigenvalue weighted by Crippen LogP contribution is 2.33. The van der Waals surface area contributed by atoms with Crippen molar-refractivity contribution in [3.8, 4) is 5.75 Å². The summed E-state index contributed by atoms with van der Waals surface area (Å²) < 4.78 is 12.2. The normalized spacial score (nSPS) is 16.1. The van der Waals surface area contributed by atoms with Gasteiger partial charge in [0.1, 0.15) is 23.9 Å². The maximum Gasteiger partial charge on any atom is 0.410 e. The van der Waals surface area contributed by atoms with Gasteiger partial charge in [0.05, 0.1) is 7.11 Å². The molecule has 1 aromatic heterocycles. The van der Waals surface area contributed by atoms with Crippen LogP contribution in [-0.4, -0.2) is 81.5 Å². The first-order chi connectivity index (χ1) is 15.0. The van der Waals surface area contributed by atoms with Crippen molar-refractivity contribution >= 4 is 28.9 Å². The molecule has 2 aromatic rings. The first-order valence-electron chi connectivity index (χ1n) is 10.3. The monoisotopic (exact) mass is 447 g/mol. The summed E-state index contributed by atoms with van der Waals surface area (Å²) in [5.41, 5.74) is 0.489. The quantitative estimate of drug-likeness (QED) is 0.692. The lowest BCUT2D eigenvalue weighted by atomic mass is 10.0. The molecule has 1 saturated heterocycles.